The summed E-state index contributed by atoms with van der Waals surface area (Å²) in [6.45, 7) is 7.23. The van der Waals surface area contributed by atoms with Crippen LogP contribution in [0.3, 0.4) is 0 Å². The molecule has 0 radical (unpaired) electrons. The quantitative estimate of drug-likeness (QED) is 0.730. The number of amidine groups is 1. The van der Waals surface area contributed by atoms with Gasteiger partial charge in [-0.15, -0.1) is 0 Å². The van der Waals surface area contributed by atoms with E-state index in [9.17, 15) is 0 Å². The first-order valence-electron chi connectivity index (χ1n) is 8.91. The van der Waals surface area contributed by atoms with Crippen LogP contribution in [-0.4, -0.2) is 33.0 Å². The van der Waals surface area contributed by atoms with Crippen molar-refractivity contribution in [3.63, 3.8) is 0 Å². The average molecular weight is 388 g/mol. The number of nitrogens with zero attached hydrogens (tertiary/aromatic N) is 3. The molecule has 0 N–H and O–H groups in total. The van der Waals surface area contributed by atoms with Crippen LogP contribution in [0.1, 0.15) is 44.1 Å². The summed E-state index contributed by atoms with van der Waals surface area (Å²) in [6, 6.07) is 12.2. The number of hydrogen-bond donors (Lipinski definition) is 0. The maximum atomic E-state index is 6.52. The van der Waals surface area contributed by atoms with Gasteiger partial charge in [-0.1, -0.05) is 42.4 Å². The van der Waals surface area contributed by atoms with Gasteiger partial charge < -0.3 is 9.64 Å². The maximum Gasteiger partial charge on any atom is 0.160 e. The van der Waals surface area contributed by atoms with Crippen molar-refractivity contribution >= 4 is 28.5 Å². The lowest BCUT2D eigenvalue weighted by molar-refractivity contribution is 0.242. The molecule has 136 valence electrons. The molecule has 1 fully saturated rings. The second-order valence-corrected chi connectivity index (χ2v) is 8.81. The van der Waals surface area contributed by atoms with Crippen molar-refractivity contribution in [1.82, 2.24) is 9.88 Å². The van der Waals surface area contributed by atoms with Gasteiger partial charge >= 0.3 is 0 Å². The van der Waals surface area contributed by atoms with Gasteiger partial charge in [-0.25, -0.2) is 0 Å². The molecule has 0 spiro atoms. The van der Waals surface area contributed by atoms with E-state index < -0.39 is 0 Å². The molecule has 6 heteroatoms. The van der Waals surface area contributed by atoms with E-state index in [-0.39, 0.29) is 18.2 Å². The highest BCUT2D eigenvalue weighted by molar-refractivity contribution is 8.14. The number of aromatic nitrogens is 1. The first-order chi connectivity index (χ1) is 12.5. The van der Waals surface area contributed by atoms with Gasteiger partial charge in [-0.2, -0.15) is 0 Å². The van der Waals surface area contributed by atoms with Gasteiger partial charge in [-0.3, -0.25) is 9.98 Å². The third-order valence-electron chi connectivity index (χ3n) is 4.54. The van der Waals surface area contributed by atoms with Gasteiger partial charge in [0.15, 0.2) is 5.17 Å². The van der Waals surface area contributed by atoms with E-state index in [0.717, 1.165) is 28.7 Å². The van der Waals surface area contributed by atoms with Gasteiger partial charge in [-0.05, 0) is 43.7 Å². The molecule has 2 aliphatic rings. The van der Waals surface area contributed by atoms with Crippen molar-refractivity contribution in [1.29, 1.82) is 0 Å². The molecule has 1 aromatic heterocycles. The minimum Gasteiger partial charge on any atom is -0.489 e. The number of benzene rings is 1. The average Bonchev–Trinajstić information content (AvgIpc) is 3.13. The third kappa shape index (κ3) is 3.30. The fourth-order valence-electron chi connectivity index (χ4n) is 3.53. The van der Waals surface area contributed by atoms with Gasteiger partial charge in [0.05, 0.1) is 22.9 Å². The lowest BCUT2D eigenvalue weighted by atomic mass is 9.96. The largest absolute Gasteiger partial charge is 0.489 e. The fraction of sp³-hybridized carbons (Fsp3) is 0.400. The van der Waals surface area contributed by atoms with E-state index in [1.165, 1.54) is 0 Å². The Balaban J connectivity index is 1.71. The minimum absolute atomic E-state index is 0.0147. The van der Waals surface area contributed by atoms with E-state index >= 15 is 0 Å². The Hall–Kier alpha value is -1.72. The third-order valence-corrected chi connectivity index (χ3v) is 5.94. The van der Waals surface area contributed by atoms with Crippen LogP contribution in [0.5, 0.6) is 5.75 Å². The first kappa shape index (κ1) is 17.7. The van der Waals surface area contributed by atoms with Gasteiger partial charge in [0, 0.05) is 18.0 Å². The molecular formula is C20H22ClN3OS. The number of rotatable bonds is 4. The zero-order chi connectivity index (χ0) is 18.3. The Bertz CT molecular complexity index is 827. The highest BCUT2D eigenvalue weighted by Gasteiger charge is 2.43. The Morgan fingerprint density at radius 3 is 2.81 bits per heavy atom. The fourth-order valence-corrected chi connectivity index (χ4v) is 4.86. The molecule has 4 rings (SSSR count). The SMILES string of the molecule is CC(C)Oc1ccc([C@H]2[C@H](c3ccccn3)N=C3S[C@@H](C)CN32)cc1Cl. The summed E-state index contributed by atoms with van der Waals surface area (Å²) >= 11 is 8.35. The number of thioether (sulfide) groups is 1. The van der Waals surface area contributed by atoms with Crippen molar-refractivity contribution in [3.8, 4) is 5.75 Å². The molecule has 0 bridgehead atoms. The summed E-state index contributed by atoms with van der Waals surface area (Å²) in [5.41, 5.74) is 2.14. The van der Waals surface area contributed by atoms with Crippen molar-refractivity contribution in [3.05, 3.63) is 58.9 Å². The molecule has 0 unspecified atom stereocenters. The molecule has 2 aromatic rings. The number of ether oxygens (including phenoxy) is 1. The Morgan fingerprint density at radius 1 is 1.27 bits per heavy atom. The van der Waals surface area contributed by atoms with Crippen molar-refractivity contribution in [2.24, 2.45) is 4.99 Å². The Kier molecular flexibility index (Phi) is 4.84. The van der Waals surface area contributed by atoms with Crippen LogP contribution >= 0.6 is 23.4 Å². The van der Waals surface area contributed by atoms with Crippen LogP contribution in [0.25, 0.3) is 0 Å². The van der Waals surface area contributed by atoms with E-state index in [0.29, 0.717) is 10.3 Å². The molecule has 2 aliphatic heterocycles. The molecule has 1 saturated heterocycles. The highest BCUT2D eigenvalue weighted by atomic mass is 35.5. The number of halogens is 1. The van der Waals surface area contributed by atoms with Crippen molar-refractivity contribution in [2.75, 3.05) is 6.54 Å². The van der Waals surface area contributed by atoms with E-state index in [1.54, 1.807) is 0 Å². The summed E-state index contributed by atoms with van der Waals surface area (Å²) in [5.74, 6) is 0.725. The lowest BCUT2D eigenvalue weighted by Gasteiger charge is -2.27. The molecule has 26 heavy (non-hydrogen) atoms. The summed E-state index contributed by atoms with van der Waals surface area (Å²) < 4.78 is 5.79. The smallest absolute Gasteiger partial charge is 0.160 e. The number of hydrogen-bond acceptors (Lipinski definition) is 5. The standard InChI is InChI=1S/C20H22ClN3OS/c1-12(2)25-17-8-7-14(10-15(17)21)19-18(16-6-4-5-9-22-16)23-20-24(19)11-13(3)26-20/h4-10,12-13,18-19H,11H2,1-3H3/t13-,18-,19-/m0/s1. The zero-order valence-electron chi connectivity index (χ0n) is 15.1. The molecular weight excluding hydrogens is 366 g/mol. The van der Waals surface area contributed by atoms with E-state index in [2.05, 4.69) is 28.9 Å². The summed E-state index contributed by atoms with van der Waals surface area (Å²) in [4.78, 5) is 12.0. The van der Waals surface area contributed by atoms with Gasteiger partial charge in [0.2, 0.25) is 0 Å². The molecule has 0 saturated carbocycles. The predicted molar refractivity (Wildman–Crippen MR) is 108 cm³/mol. The van der Waals surface area contributed by atoms with Gasteiger partial charge in [0.1, 0.15) is 11.8 Å². The number of fused-ring (bicyclic) bond motifs is 1. The molecule has 1 aromatic carbocycles. The second kappa shape index (κ2) is 7.12. The van der Waals surface area contributed by atoms with Crippen LogP contribution in [0.15, 0.2) is 47.6 Å². The van der Waals surface area contributed by atoms with Crippen LogP contribution in [-0.2, 0) is 0 Å². The topological polar surface area (TPSA) is 37.7 Å². The first-order valence-corrected chi connectivity index (χ1v) is 10.2. The monoisotopic (exact) mass is 387 g/mol. The van der Waals surface area contributed by atoms with E-state index in [1.807, 2.05) is 56.1 Å². The molecule has 3 atom stereocenters. The van der Waals surface area contributed by atoms with Crippen LogP contribution in [0.2, 0.25) is 5.02 Å². The molecule has 3 heterocycles. The maximum absolute atomic E-state index is 6.52. The lowest BCUT2D eigenvalue weighted by Crippen LogP contribution is -2.28. The molecule has 0 amide bonds. The summed E-state index contributed by atoms with van der Waals surface area (Å²) in [6.07, 6.45) is 1.93. The van der Waals surface area contributed by atoms with Crippen molar-refractivity contribution in [2.45, 2.75) is 44.2 Å². The highest BCUT2D eigenvalue weighted by Crippen LogP contribution is 2.48. The van der Waals surface area contributed by atoms with Crippen LogP contribution in [0.4, 0.5) is 0 Å². The molecule has 0 aliphatic carbocycles. The Labute approximate surface area is 163 Å². The van der Waals surface area contributed by atoms with Crippen LogP contribution < -0.4 is 4.74 Å². The van der Waals surface area contributed by atoms with Gasteiger partial charge in [0.25, 0.3) is 0 Å². The van der Waals surface area contributed by atoms with Crippen LogP contribution in [0, 0.1) is 0 Å². The molecule has 4 nitrogen and oxygen atoms in total. The van der Waals surface area contributed by atoms with Crippen molar-refractivity contribution < 1.29 is 4.74 Å². The zero-order valence-corrected chi connectivity index (χ0v) is 16.7. The normalized spacial score (nSPS) is 24.7. The second-order valence-electron chi connectivity index (χ2n) is 6.99. The van der Waals surface area contributed by atoms with E-state index in [4.69, 9.17) is 21.3 Å². The summed E-state index contributed by atoms with van der Waals surface area (Å²) in [5, 5.41) is 2.29. The predicted octanol–water partition coefficient (Wildman–Crippen LogP) is 5.11. The minimum atomic E-state index is -0.0147. The number of aliphatic imine (C=N–C) groups is 1. The summed E-state index contributed by atoms with van der Waals surface area (Å²) in [7, 11) is 0. The number of pyridine rings is 1. The Morgan fingerprint density at radius 2 is 2.12 bits per heavy atom.